The first-order chi connectivity index (χ1) is 27.6. The summed E-state index contributed by atoms with van der Waals surface area (Å²) < 4.78 is 4.05. The summed E-state index contributed by atoms with van der Waals surface area (Å²) in [5, 5.41) is 104. The number of hydrogen-bond donors (Lipinski definition) is 13. The van der Waals surface area contributed by atoms with Crippen LogP contribution >= 0.6 is 0 Å². The lowest BCUT2D eigenvalue weighted by Gasteiger charge is -2.41. The molecule has 0 bridgehead atoms. The number of nitrogens with zero attached hydrogens (tertiary/aromatic N) is 6. The zero-order valence-electron chi connectivity index (χ0n) is 32.4. The van der Waals surface area contributed by atoms with Crippen LogP contribution in [-0.2, 0) is 19.6 Å². The molecule has 5 rings (SSSR count). The van der Waals surface area contributed by atoms with Crippen molar-refractivity contribution in [3.8, 4) is 0 Å². The van der Waals surface area contributed by atoms with Crippen LogP contribution in [0.1, 0.15) is 53.4 Å². The van der Waals surface area contributed by atoms with E-state index in [0.29, 0.717) is 42.7 Å². The van der Waals surface area contributed by atoms with Crippen LogP contribution in [0.4, 0.5) is 5.82 Å². The van der Waals surface area contributed by atoms with Gasteiger partial charge in [-0.2, -0.15) is 0 Å². The van der Waals surface area contributed by atoms with Gasteiger partial charge >= 0.3 is 0 Å². The number of hydrogen-bond acceptors (Lipinski definition) is 16. The Morgan fingerprint density at radius 2 is 1.48 bits per heavy atom. The second-order valence-electron chi connectivity index (χ2n) is 14.5. The predicted molar refractivity (Wildman–Crippen MR) is 206 cm³/mol. The van der Waals surface area contributed by atoms with Crippen LogP contribution in [0.3, 0.4) is 0 Å². The minimum atomic E-state index is -1.91. The number of aromatic nitrogens is 5. The summed E-state index contributed by atoms with van der Waals surface area (Å²) in [6.07, 6.45) is -12.3. The lowest BCUT2D eigenvalue weighted by atomic mass is 9.97. The van der Waals surface area contributed by atoms with E-state index in [1.54, 1.807) is 29.3 Å². The van der Waals surface area contributed by atoms with Gasteiger partial charge in [0.15, 0.2) is 28.2 Å². The number of aliphatic hydroxyl groups is 10. The fraction of sp³-hybridized carbons (Fsp3) is 0.595. The lowest BCUT2D eigenvalue weighted by molar-refractivity contribution is -0.676. The molecule has 8 atom stereocenters. The van der Waals surface area contributed by atoms with Crippen LogP contribution in [0, 0.1) is 0 Å². The molecule has 14 N–H and O–H groups in total. The van der Waals surface area contributed by atoms with E-state index in [0.717, 1.165) is 16.9 Å². The number of carbonyl (C=O) groups excluding carboxylic acids is 2. The number of H-pyrrole nitrogens is 1. The highest BCUT2D eigenvalue weighted by atomic mass is 16.4. The number of nitrogen functional groups attached to an aromatic ring is 1. The molecule has 0 aliphatic carbocycles. The number of imidazole rings is 1. The summed E-state index contributed by atoms with van der Waals surface area (Å²) in [7, 11) is 0. The number of carbonyl (C=O) groups is 2. The highest BCUT2D eigenvalue weighted by Crippen LogP contribution is 2.24. The van der Waals surface area contributed by atoms with Gasteiger partial charge in [0.2, 0.25) is 0 Å². The normalized spacial score (nSPS) is 18.3. The van der Waals surface area contributed by atoms with Crippen molar-refractivity contribution in [1.29, 1.82) is 0 Å². The molecule has 320 valence electrons. The van der Waals surface area contributed by atoms with Crippen molar-refractivity contribution in [2.75, 3.05) is 45.1 Å². The second-order valence-corrected chi connectivity index (χ2v) is 14.5. The summed E-state index contributed by atoms with van der Waals surface area (Å²) in [5.41, 5.74) is 9.05. The number of anilines is 1. The van der Waals surface area contributed by atoms with Gasteiger partial charge in [-0.25, -0.2) is 19.1 Å². The topological polar surface area (TPSA) is 331 Å². The first kappa shape index (κ1) is 44.7. The Balaban J connectivity index is 1.31. The van der Waals surface area contributed by atoms with Gasteiger partial charge in [-0.05, 0) is 44.9 Å². The monoisotopic (exact) mass is 818 g/mol. The van der Waals surface area contributed by atoms with E-state index in [-0.39, 0.29) is 37.1 Å². The highest BCUT2D eigenvalue weighted by Gasteiger charge is 2.38. The van der Waals surface area contributed by atoms with Gasteiger partial charge in [-0.1, -0.05) is 0 Å². The Bertz CT molecular complexity index is 1970. The third kappa shape index (κ3) is 9.56. The van der Waals surface area contributed by atoms with Crippen molar-refractivity contribution in [1.82, 2.24) is 34.6 Å². The van der Waals surface area contributed by atoms with Gasteiger partial charge in [-0.15, -0.1) is 0 Å². The molecule has 58 heavy (non-hydrogen) atoms. The number of aliphatic hydroxyl groups excluding tert-OH is 10. The molecular formula is C37H56N9O12+. The van der Waals surface area contributed by atoms with Crippen LogP contribution < -0.4 is 15.6 Å². The van der Waals surface area contributed by atoms with E-state index in [4.69, 9.17) is 5.73 Å². The summed E-state index contributed by atoms with van der Waals surface area (Å²) in [6.45, 7) is 3.06. The number of benzene rings is 1. The van der Waals surface area contributed by atoms with Gasteiger partial charge in [0.25, 0.3) is 17.6 Å². The summed E-state index contributed by atoms with van der Waals surface area (Å²) in [5.74, 6) is 0.0266. The van der Waals surface area contributed by atoms with Crippen molar-refractivity contribution < 1.29 is 65.2 Å². The average Bonchev–Trinajstić information content (AvgIpc) is 3.83. The molecule has 4 aromatic rings. The molecule has 4 heterocycles. The van der Waals surface area contributed by atoms with Gasteiger partial charge in [0.1, 0.15) is 48.7 Å². The molecule has 3 aromatic heterocycles. The predicted octanol–water partition coefficient (Wildman–Crippen LogP) is -4.47. The quantitative estimate of drug-likeness (QED) is 0.0397. The highest BCUT2D eigenvalue weighted by molar-refractivity contribution is 5.98. The van der Waals surface area contributed by atoms with E-state index in [1.165, 1.54) is 4.90 Å². The Morgan fingerprint density at radius 1 is 0.897 bits per heavy atom. The van der Waals surface area contributed by atoms with E-state index in [1.807, 2.05) is 29.0 Å². The molecule has 1 aliphatic heterocycles. The van der Waals surface area contributed by atoms with Crippen molar-refractivity contribution in [2.24, 2.45) is 0 Å². The molecule has 1 aliphatic rings. The largest absolute Gasteiger partial charge is 0.394 e. The number of rotatable bonds is 19. The number of aryl methyl sites for hydroxylation is 2. The first-order valence-corrected chi connectivity index (χ1v) is 19.3. The zero-order chi connectivity index (χ0) is 42.4. The third-order valence-corrected chi connectivity index (χ3v) is 10.9. The van der Waals surface area contributed by atoms with Crippen LogP contribution in [0.2, 0.25) is 0 Å². The van der Waals surface area contributed by atoms with E-state index in [2.05, 4.69) is 20.3 Å². The molecule has 21 nitrogen and oxygen atoms in total. The molecule has 21 heteroatoms. The average molecular weight is 819 g/mol. The van der Waals surface area contributed by atoms with Crippen molar-refractivity contribution in [3.63, 3.8) is 0 Å². The standard InChI is InChI=1S/C37H55N9O12/c1-3-45-22-6-5-19(13-23(22)46(4-2)28(45)14-40-36(57)29-34(38)42-35-21(41-29)7-10-39-35)37(58)43-11-8-20(9-12-43)44(15-24(49)30(53)32(55)26(51)17-47)16-25(50)31(54)33(56)27(52)18-48/h5-7,10,13,20,24-27,30-33,47-56H,3-4,8-9,11-12,14-18H2,1-2H3,(H3-,38,39,40,41,42,57)/p+1. The number of fused-ring (bicyclic) bond motifs is 2. The number of nitrogens with two attached hydrogens (primary N) is 1. The van der Waals surface area contributed by atoms with Crippen LogP contribution in [-0.4, -0.2) is 186 Å². The van der Waals surface area contributed by atoms with Crippen molar-refractivity contribution >= 4 is 39.8 Å². The van der Waals surface area contributed by atoms with Gasteiger partial charge in [0.05, 0.1) is 38.5 Å². The Kier molecular flexibility index (Phi) is 15.1. The number of likely N-dealkylation sites (tertiary alicyclic amines) is 1. The fourth-order valence-electron chi connectivity index (χ4n) is 7.53. The molecule has 8 unspecified atom stereocenters. The molecule has 0 spiro atoms. The molecule has 1 fully saturated rings. The Morgan fingerprint density at radius 3 is 2.03 bits per heavy atom. The first-order valence-electron chi connectivity index (χ1n) is 19.3. The van der Waals surface area contributed by atoms with Crippen molar-refractivity contribution in [2.45, 2.75) is 101 Å². The second kappa shape index (κ2) is 19.6. The Hall–Kier alpha value is -4.39. The lowest BCUT2D eigenvalue weighted by Crippen LogP contribution is -2.56. The van der Waals surface area contributed by atoms with Crippen LogP contribution in [0.15, 0.2) is 30.5 Å². The minimum Gasteiger partial charge on any atom is -0.394 e. The maximum absolute atomic E-state index is 13.9. The number of nitrogens with one attached hydrogen (secondary N) is 2. The summed E-state index contributed by atoms with van der Waals surface area (Å²) in [4.78, 5) is 41.8. The number of piperidine rings is 1. The molecule has 0 saturated carbocycles. The van der Waals surface area contributed by atoms with Gasteiger partial charge in [-0.3, -0.25) is 14.5 Å². The SMILES string of the molecule is CCn1c(CNC(=O)c2nc3cc[nH]c3nc2N)[n+](CC)c2ccc(C(=O)N3CCC(N(CC(O)C(O)C(O)C(O)CO)CC(O)C(O)C(O)C(O)CO)CC3)cc21. The maximum Gasteiger partial charge on any atom is 0.277 e. The third-order valence-electron chi connectivity index (χ3n) is 10.9. The molecule has 1 aromatic carbocycles. The fourth-order valence-corrected chi connectivity index (χ4v) is 7.53. The van der Waals surface area contributed by atoms with E-state index >= 15 is 0 Å². The smallest absolute Gasteiger partial charge is 0.277 e. The maximum atomic E-state index is 13.9. The number of amides is 2. The zero-order valence-corrected chi connectivity index (χ0v) is 32.4. The molecule has 1 saturated heterocycles. The van der Waals surface area contributed by atoms with Crippen LogP contribution in [0.25, 0.3) is 22.2 Å². The Labute approximate surface area is 333 Å². The summed E-state index contributed by atoms with van der Waals surface area (Å²) in [6, 6.07) is 6.61. The minimum absolute atomic E-state index is 0.00462. The van der Waals surface area contributed by atoms with E-state index < -0.39 is 87.1 Å². The summed E-state index contributed by atoms with van der Waals surface area (Å²) >= 11 is 0. The van der Waals surface area contributed by atoms with Crippen LogP contribution in [0.5, 0.6) is 0 Å². The number of aromatic amines is 1. The molecular weight excluding hydrogens is 762 g/mol. The molecule has 2 amide bonds. The van der Waals surface area contributed by atoms with E-state index in [9.17, 15) is 60.7 Å². The van der Waals surface area contributed by atoms with Gasteiger partial charge < -0.3 is 72.0 Å². The van der Waals surface area contributed by atoms with Gasteiger partial charge in [0, 0.05) is 50.0 Å². The van der Waals surface area contributed by atoms with Crippen molar-refractivity contribution in [3.05, 3.63) is 47.5 Å². The molecule has 0 radical (unpaired) electrons.